The van der Waals surface area contributed by atoms with Gasteiger partial charge in [0, 0.05) is 26.4 Å². The second-order valence-corrected chi connectivity index (χ2v) is 6.46. The second-order valence-electron chi connectivity index (χ2n) is 6.46. The first kappa shape index (κ1) is 18.7. The van der Waals surface area contributed by atoms with E-state index in [0.717, 1.165) is 12.0 Å². The molecule has 0 aliphatic carbocycles. The Morgan fingerprint density at radius 3 is 2.74 bits per heavy atom. The van der Waals surface area contributed by atoms with Crippen molar-refractivity contribution in [1.29, 1.82) is 0 Å². The third-order valence-corrected chi connectivity index (χ3v) is 4.58. The molecular formula is C18H23N5O4. The number of anilines is 1. The van der Waals surface area contributed by atoms with Crippen LogP contribution >= 0.6 is 0 Å². The minimum atomic E-state index is -0.365. The number of carbonyl (C=O) groups is 2. The number of methoxy groups -OCH3 is 2. The molecule has 1 aromatic heterocycles. The van der Waals surface area contributed by atoms with Gasteiger partial charge in [-0.15, -0.1) is 5.10 Å². The highest BCUT2D eigenvalue weighted by molar-refractivity contribution is 5.96. The Bertz CT molecular complexity index is 835. The van der Waals surface area contributed by atoms with Gasteiger partial charge in [-0.1, -0.05) is 6.07 Å². The van der Waals surface area contributed by atoms with Gasteiger partial charge in [0.2, 0.25) is 17.8 Å². The average Bonchev–Trinajstić information content (AvgIpc) is 3.26. The second kappa shape index (κ2) is 8.07. The van der Waals surface area contributed by atoms with Crippen molar-refractivity contribution in [2.45, 2.75) is 19.3 Å². The average molecular weight is 373 g/mol. The molecule has 0 saturated carbocycles. The van der Waals surface area contributed by atoms with Crippen molar-refractivity contribution in [3.63, 3.8) is 0 Å². The van der Waals surface area contributed by atoms with Crippen LogP contribution in [0, 0.1) is 5.92 Å². The number of ether oxygens (including phenoxy) is 2. The lowest BCUT2D eigenvalue weighted by atomic mass is 10.1. The highest BCUT2D eigenvalue weighted by Gasteiger charge is 2.32. The van der Waals surface area contributed by atoms with Crippen LogP contribution in [0.15, 0.2) is 18.2 Å². The molecule has 27 heavy (non-hydrogen) atoms. The van der Waals surface area contributed by atoms with E-state index in [0.29, 0.717) is 30.3 Å². The molecule has 1 fully saturated rings. The summed E-state index contributed by atoms with van der Waals surface area (Å²) in [6, 6.07) is 5.75. The van der Waals surface area contributed by atoms with E-state index in [4.69, 9.17) is 9.47 Å². The summed E-state index contributed by atoms with van der Waals surface area (Å²) in [5.74, 6) is 1.62. The van der Waals surface area contributed by atoms with Crippen LogP contribution in [0.5, 0.6) is 11.5 Å². The first-order valence-corrected chi connectivity index (χ1v) is 8.67. The van der Waals surface area contributed by atoms with Gasteiger partial charge in [0.05, 0.1) is 20.1 Å². The highest BCUT2D eigenvalue weighted by atomic mass is 16.5. The molecular weight excluding hydrogens is 350 g/mol. The molecule has 9 nitrogen and oxygen atoms in total. The number of H-pyrrole nitrogens is 1. The monoisotopic (exact) mass is 373 g/mol. The van der Waals surface area contributed by atoms with Gasteiger partial charge in [0.1, 0.15) is 5.82 Å². The van der Waals surface area contributed by atoms with Crippen molar-refractivity contribution in [2.75, 3.05) is 33.1 Å². The van der Waals surface area contributed by atoms with E-state index in [1.54, 1.807) is 26.2 Å². The van der Waals surface area contributed by atoms with Crippen molar-refractivity contribution in [3.05, 3.63) is 29.6 Å². The summed E-state index contributed by atoms with van der Waals surface area (Å²) in [4.78, 5) is 29.6. The number of aromatic nitrogens is 3. The van der Waals surface area contributed by atoms with Crippen LogP contribution in [-0.4, -0.2) is 59.7 Å². The summed E-state index contributed by atoms with van der Waals surface area (Å²) < 4.78 is 10.5. The number of benzene rings is 1. The molecule has 1 aromatic carbocycles. The summed E-state index contributed by atoms with van der Waals surface area (Å²) in [7, 11) is 4.89. The number of nitrogens with one attached hydrogen (secondary N) is 2. The van der Waals surface area contributed by atoms with Crippen LogP contribution in [0.4, 0.5) is 5.95 Å². The van der Waals surface area contributed by atoms with Gasteiger partial charge in [0.25, 0.3) is 0 Å². The molecule has 1 aliphatic rings. The molecule has 1 aliphatic heterocycles. The first-order valence-electron chi connectivity index (χ1n) is 8.67. The van der Waals surface area contributed by atoms with Crippen LogP contribution < -0.4 is 14.8 Å². The minimum absolute atomic E-state index is 0.0271. The van der Waals surface area contributed by atoms with Gasteiger partial charge in [-0.3, -0.25) is 20.0 Å². The molecule has 2 N–H and O–H groups in total. The zero-order chi connectivity index (χ0) is 19.4. The molecule has 0 unspecified atom stereocenters. The van der Waals surface area contributed by atoms with E-state index in [9.17, 15) is 9.59 Å². The van der Waals surface area contributed by atoms with Crippen LogP contribution in [-0.2, 0) is 22.4 Å². The molecule has 2 amide bonds. The zero-order valence-electron chi connectivity index (χ0n) is 15.6. The number of amides is 2. The number of nitrogens with zero attached hydrogens (tertiary/aromatic N) is 3. The maximum Gasteiger partial charge on any atom is 0.248 e. The van der Waals surface area contributed by atoms with Crippen molar-refractivity contribution in [2.24, 2.45) is 5.92 Å². The molecule has 9 heteroatoms. The first-order chi connectivity index (χ1) is 13.0. The lowest BCUT2D eigenvalue weighted by Crippen LogP contribution is -2.26. The number of likely N-dealkylation sites (tertiary alicyclic amines) is 1. The van der Waals surface area contributed by atoms with E-state index in [2.05, 4.69) is 20.5 Å². The minimum Gasteiger partial charge on any atom is -0.493 e. The van der Waals surface area contributed by atoms with Gasteiger partial charge in [-0.25, -0.2) is 0 Å². The molecule has 0 spiro atoms. The van der Waals surface area contributed by atoms with Crippen molar-refractivity contribution in [1.82, 2.24) is 20.1 Å². The van der Waals surface area contributed by atoms with Gasteiger partial charge in [-0.05, 0) is 24.1 Å². The van der Waals surface area contributed by atoms with Crippen LogP contribution in [0.3, 0.4) is 0 Å². The molecule has 3 rings (SSSR count). The molecule has 2 heterocycles. The fourth-order valence-corrected chi connectivity index (χ4v) is 3.01. The predicted octanol–water partition coefficient (Wildman–Crippen LogP) is 1.02. The Hall–Kier alpha value is -3.10. The third-order valence-electron chi connectivity index (χ3n) is 4.58. The lowest BCUT2D eigenvalue weighted by molar-refractivity contribution is -0.127. The molecule has 0 bridgehead atoms. The van der Waals surface area contributed by atoms with E-state index >= 15 is 0 Å². The maximum atomic E-state index is 12.2. The molecule has 1 saturated heterocycles. The number of carbonyl (C=O) groups excluding carboxylic acids is 2. The predicted molar refractivity (Wildman–Crippen MR) is 97.7 cm³/mol. The fraction of sp³-hybridized carbons (Fsp3) is 0.444. The molecule has 0 radical (unpaired) electrons. The summed E-state index contributed by atoms with van der Waals surface area (Å²) >= 11 is 0. The smallest absolute Gasteiger partial charge is 0.248 e. The Morgan fingerprint density at radius 2 is 2.07 bits per heavy atom. The topological polar surface area (TPSA) is 109 Å². The summed E-state index contributed by atoms with van der Waals surface area (Å²) in [5, 5.41) is 9.53. The van der Waals surface area contributed by atoms with Gasteiger partial charge in [-0.2, -0.15) is 4.98 Å². The molecule has 1 atom stereocenters. The largest absolute Gasteiger partial charge is 0.493 e. The number of aryl methyl sites for hydroxylation is 2. The van der Waals surface area contributed by atoms with Crippen LogP contribution in [0.2, 0.25) is 0 Å². The number of hydrogen-bond donors (Lipinski definition) is 2. The lowest BCUT2D eigenvalue weighted by Gasteiger charge is -2.09. The number of rotatable bonds is 7. The van der Waals surface area contributed by atoms with Gasteiger partial charge < -0.3 is 14.4 Å². The Balaban J connectivity index is 1.55. The Labute approximate surface area is 157 Å². The quantitative estimate of drug-likeness (QED) is 0.750. The number of hydrogen-bond acceptors (Lipinski definition) is 6. The van der Waals surface area contributed by atoms with E-state index in [-0.39, 0.29) is 30.1 Å². The van der Waals surface area contributed by atoms with Gasteiger partial charge >= 0.3 is 0 Å². The fourth-order valence-electron chi connectivity index (χ4n) is 3.01. The zero-order valence-corrected chi connectivity index (χ0v) is 15.6. The van der Waals surface area contributed by atoms with E-state index < -0.39 is 0 Å². The summed E-state index contributed by atoms with van der Waals surface area (Å²) in [5.41, 5.74) is 1.07. The van der Waals surface area contributed by atoms with Crippen LogP contribution in [0.25, 0.3) is 0 Å². The highest BCUT2D eigenvalue weighted by Crippen LogP contribution is 2.28. The maximum absolute atomic E-state index is 12.2. The number of aromatic amines is 1. The van der Waals surface area contributed by atoms with Crippen molar-refractivity contribution >= 4 is 17.8 Å². The molecule has 2 aromatic rings. The third kappa shape index (κ3) is 4.36. The van der Waals surface area contributed by atoms with Crippen molar-refractivity contribution < 1.29 is 19.1 Å². The Morgan fingerprint density at radius 1 is 1.30 bits per heavy atom. The van der Waals surface area contributed by atoms with E-state index in [1.165, 1.54) is 0 Å². The van der Waals surface area contributed by atoms with E-state index in [1.807, 2.05) is 18.2 Å². The standard InChI is InChI=1S/C18H23N5O4/c1-23-10-12(9-16(23)24)17(25)20-18-19-15(21-22-18)7-5-11-4-6-13(26-2)14(8-11)27-3/h4,6,8,12H,5,7,9-10H2,1-3H3,(H2,19,20,21,22,25)/t12-/m0/s1. The summed E-state index contributed by atoms with van der Waals surface area (Å²) in [6.45, 7) is 0.418. The normalized spacial score (nSPS) is 16.5. The SMILES string of the molecule is COc1ccc(CCc2nc(NC(=O)[C@H]3CC(=O)N(C)C3)n[nH]2)cc1OC. The van der Waals surface area contributed by atoms with Gasteiger partial charge in [0.15, 0.2) is 11.5 Å². The van der Waals surface area contributed by atoms with Crippen LogP contribution in [0.1, 0.15) is 17.8 Å². The summed E-state index contributed by atoms with van der Waals surface area (Å²) in [6.07, 6.45) is 1.58. The van der Waals surface area contributed by atoms with Crippen molar-refractivity contribution in [3.8, 4) is 11.5 Å². The molecule has 144 valence electrons. The Kier molecular flexibility index (Phi) is 5.58.